The van der Waals surface area contributed by atoms with E-state index in [2.05, 4.69) is 5.32 Å². The van der Waals surface area contributed by atoms with Crippen LogP contribution in [0.5, 0.6) is 11.5 Å². The van der Waals surface area contributed by atoms with Crippen LogP contribution in [0.25, 0.3) is 0 Å². The van der Waals surface area contributed by atoms with Crippen molar-refractivity contribution in [3.05, 3.63) is 77.0 Å². The smallest absolute Gasteiger partial charge is 0.311 e. The number of hydrogen-bond acceptors (Lipinski definition) is 5. The second kappa shape index (κ2) is 9.00. The minimum atomic E-state index is -0.877. The molecule has 1 aromatic heterocycles. The normalized spacial score (nSPS) is 11.4. The first-order valence-corrected chi connectivity index (χ1v) is 9.34. The summed E-state index contributed by atoms with van der Waals surface area (Å²) in [7, 11) is 0. The number of rotatable bonds is 7. The number of nitrogens with one attached hydrogen (secondary N) is 1. The van der Waals surface area contributed by atoms with E-state index in [-0.39, 0.29) is 12.3 Å². The SMILES string of the molecule is CC(OC(=O)Cc1cccs1)C(=O)Nc1ccc(Oc2ccccc2)cc1. The predicted octanol–water partition coefficient (Wildman–Crippen LogP) is 4.65. The van der Waals surface area contributed by atoms with Crippen molar-refractivity contribution in [2.75, 3.05) is 5.32 Å². The van der Waals surface area contributed by atoms with Gasteiger partial charge in [0.05, 0.1) is 6.42 Å². The lowest BCUT2D eigenvalue weighted by molar-refractivity contribution is -0.152. The van der Waals surface area contributed by atoms with Gasteiger partial charge in [-0.05, 0) is 54.8 Å². The summed E-state index contributed by atoms with van der Waals surface area (Å²) in [6.07, 6.45) is -0.710. The molecule has 0 aliphatic carbocycles. The van der Waals surface area contributed by atoms with Gasteiger partial charge in [-0.3, -0.25) is 9.59 Å². The standard InChI is InChI=1S/C21H19NO4S/c1-15(25-20(23)14-19-8-5-13-27-19)21(24)22-16-9-11-18(12-10-16)26-17-6-3-2-4-7-17/h2-13,15H,14H2,1H3,(H,22,24). The second-order valence-corrected chi connectivity index (χ2v) is 6.85. The van der Waals surface area contributed by atoms with Crippen LogP contribution in [0, 0.1) is 0 Å². The Morgan fingerprint density at radius 2 is 1.67 bits per heavy atom. The number of benzene rings is 2. The van der Waals surface area contributed by atoms with Gasteiger partial charge in [0, 0.05) is 10.6 Å². The van der Waals surface area contributed by atoms with Gasteiger partial charge in [0.1, 0.15) is 11.5 Å². The fraction of sp³-hybridized carbons (Fsp3) is 0.143. The van der Waals surface area contributed by atoms with Crippen LogP contribution in [0.2, 0.25) is 0 Å². The largest absolute Gasteiger partial charge is 0.457 e. The van der Waals surface area contributed by atoms with Crippen molar-refractivity contribution >= 4 is 28.9 Å². The van der Waals surface area contributed by atoms with E-state index in [0.29, 0.717) is 11.4 Å². The van der Waals surface area contributed by atoms with Crippen LogP contribution >= 0.6 is 11.3 Å². The minimum absolute atomic E-state index is 0.167. The van der Waals surface area contributed by atoms with Crippen molar-refractivity contribution in [2.45, 2.75) is 19.4 Å². The molecule has 138 valence electrons. The first kappa shape index (κ1) is 18.7. The van der Waals surface area contributed by atoms with Gasteiger partial charge in [-0.1, -0.05) is 24.3 Å². The fourth-order valence-electron chi connectivity index (χ4n) is 2.32. The number of amides is 1. The lowest BCUT2D eigenvalue weighted by Gasteiger charge is -2.13. The van der Waals surface area contributed by atoms with Crippen molar-refractivity contribution in [1.82, 2.24) is 0 Å². The van der Waals surface area contributed by atoms with E-state index in [4.69, 9.17) is 9.47 Å². The topological polar surface area (TPSA) is 64.6 Å². The van der Waals surface area contributed by atoms with Gasteiger partial charge in [0.15, 0.2) is 6.10 Å². The average Bonchev–Trinajstić information content (AvgIpc) is 3.17. The number of carbonyl (C=O) groups is 2. The highest BCUT2D eigenvalue weighted by atomic mass is 32.1. The number of para-hydroxylation sites is 1. The Kier molecular flexibility index (Phi) is 6.22. The van der Waals surface area contributed by atoms with Crippen LogP contribution in [-0.2, 0) is 20.7 Å². The highest BCUT2D eigenvalue weighted by Gasteiger charge is 2.18. The summed E-state index contributed by atoms with van der Waals surface area (Å²) in [4.78, 5) is 25.0. The highest BCUT2D eigenvalue weighted by Crippen LogP contribution is 2.22. The molecule has 6 heteroatoms. The van der Waals surface area contributed by atoms with Crippen LogP contribution in [0.15, 0.2) is 72.1 Å². The number of anilines is 1. The van der Waals surface area contributed by atoms with E-state index in [1.54, 1.807) is 31.2 Å². The zero-order chi connectivity index (χ0) is 19.1. The average molecular weight is 381 g/mol. The van der Waals surface area contributed by atoms with Gasteiger partial charge >= 0.3 is 5.97 Å². The Bertz CT molecular complexity index is 876. The van der Waals surface area contributed by atoms with E-state index in [1.165, 1.54) is 11.3 Å². The summed E-state index contributed by atoms with van der Waals surface area (Å²) >= 11 is 1.48. The third-order valence-electron chi connectivity index (χ3n) is 3.68. The molecule has 3 rings (SSSR count). The molecule has 2 aromatic carbocycles. The molecule has 0 aliphatic rings. The Morgan fingerprint density at radius 1 is 0.963 bits per heavy atom. The molecule has 0 fully saturated rings. The number of esters is 1. The molecule has 0 radical (unpaired) electrons. The zero-order valence-corrected chi connectivity index (χ0v) is 15.6. The number of ether oxygens (including phenoxy) is 2. The van der Waals surface area contributed by atoms with Gasteiger partial charge in [0.2, 0.25) is 0 Å². The molecule has 0 spiro atoms. The fourth-order valence-corrected chi connectivity index (χ4v) is 3.01. The quantitative estimate of drug-likeness (QED) is 0.605. The highest BCUT2D eigenvalue weighted by molar-refractivity contribution is 7.10. The van der Waals surface area contributed by atoms with Gasteiger partial charge in [-0.25, -0.2) is 0 Å². The molecule has 0 aliphatic heterocycles. The molecule has 0 saturated heterocycles. The van der Waals surface area contributed by atoms with E-state index >= 15 is 0 Å². The lowest BCUT2D eigenvalue weighted by atomic mass is 10.2. The maximum Gasteiger partial charge on any atom is 0.311 e. The molecule has 1 atom stereocenters. The van der Waals surface area contributed by atoms with Crippen molar-refractivity contribution in [3.63, 3.8) is 0 Å². The molecule has 3 aromatic rings. The maximum absolute atomic E-state index is 12.2. The lowest BCUT2D eigenvalue weighted by Crippen LogP contribution is -2.30. The van der Waals surface area contributed by atoms with Gasteiger partial charge in [-0.2, -0.15) is 0 Å². The molecule has 5 nitrogen and oxygen atoms in total. The molecular weight excluding hydrogens is 362 g/mol. The van der Waals surface area contributed by atoms with E-state index in [0.717, 1.165) is 10.6 Å². The first-order chi connectivity index (χ1) is 13.1. The summed E-state index contributed by atoms with van der Waals surface area (Å²) < 4.78 is 10.9. The summed E-state index contributed by atoms with van der Waals surface area (Å²) in [6, 6.07) is 20.1. The maximum atomic E-state index is 12.2. The van der Waals surface area contributed by atoms with Crippen molar-refractivity contribution in [1.29, 1.82) is 0 Å². The van der Waals surface area contributed by atoms with Crippen LogP contribution in [0.1, 0.15) is 11.8 Å². The van der Waals surface area contributed by atoms with Crippen LogP contribution in [-0.4, -0.2) is 18.0 Å². The number of thiophene rings is 1. The molecule has 0 saturated carbocycles. The van der Waals surface area contributed by atoms with Crippen molar-refractivity contribution < 1.29 is 19.1 Å². The Balaban J connectivity index is 1.50. The Morgan fingerprint density at radius 3 is 2.33 bits per heavy atom. The van der Waals surface area contributed by atoms with Gasteiger partial charge in [0.25, 0.3) is 5.91 Å². The zero-order valence-electron chi connectivity index (χ0n) is 14.8. The Labute approximate surface area is 161 Å². The summed E-state index contributed by atoms with van der Waals surface area (Å²) in [5, 5.41) is 4.62. The van der Waals surface area contributed by atoms with Crippen LogP contribution in [0.3, 0.4) is 0 Å². The molecule has 27 heavy (non-hydrogen) atoms. The third-order valence-corrected chi connectivity index (χ3v) is 4.55. The molecule has 1 unspecified atom stereocenters. The van der Waals surface area contributed by atoms with E-state index in [9.17, 15) is 9.59 Å². The summed E-state index contributed by atoms with van der Waals surface area (Å²) in [6.45, 7) is 1.55. The van der Waals surface area contributed by atoms with Crippen molar-refractivity contribution in [3.8, 4) is 11.5 Å². The minimum Gasteiger partial charge on any atom is -0.457 e. The first-order valence-electron chi connectivity index (χ1n) is 8.46. The monoisotopic (exact) mass is 381 g/mol. The van der Waals surface area contributed by atoms with Gasteiger partial charge in [-0.15, -0.1) is 11.3 Å². The van der Waals surface area contributed by atoms with E-state index < -0.39 is 12.1 Å². The van der Waals surface area contributed by atoms with Gasteiger partial charge < -0.3 is 14.8 Å². The Hall–Kier alpha value is -3.12. The summed E-state index contributed by atoms with van der Waals surface area (Å²) in [5.74, 6) is 0.591. The summed E-state index contributed by atoms with van der Waals surface area (Å²) in [5.41, 5.74) is 0.599. The van der Waals surface area contributed by atoms with Crippen LogP contribution < -0.4 is 10.1 Å². The predicted molar refractivity (Wildman–Crippen MR) is 105 cm³/mol. The number of hydrogen-bond donors (Lipinski definition) is 1. The molecular formula is C21H19NO4S. The molecule has 1 heterocycles. The molecule has 1 amide bonds. The number of carbonyl (C=O) groups excluding carboxylic acids is 2. The van der Waals surface area contributed by atoms with Crippen molar-refractivity contribution in [2.24, 2.45) is 0 Å². The third kappa shape index (κ3) is 5.69. The van der Waals surface area contributed by atoms with E-state index in [1.807, 2.05) is 47.8 Å². The molecule has 1 N–H and O–H groups in total. The molecule has 0 bridgehead atoms. The second-order valence-electron chi connectivity index (χ2n) is 5.82. The van der Waals surface area contributed by atoms with Crippen LogP contribution in [0.4, 0.5) is 5.69 Å².